The smallest absolute Gasteiger partial charge is 0.239 e. The molecule has 0 aromatic heterocycles. The molecule has 2 aromatic rings. The lowest BCUT2D eigenvalue weighted by atomic mass is 10.1. The molecule has 0 spiro atoms. The van der Waals surface area contributed by atoms with E-state index in [4.69, 9.17) is 0 Å². The van der Waals surface area contributed by atoms with Crippen LogP contribution in [0.5, 0.6) is 0 Å². The number of carbonyl (C=O) groups is 1. The lowest BCUT2D eigenvalue weighted by Crippen LogP contribution is -2.36. The molecule has 2 aromatic carbocycles. The fourth-order valence-electron chi connectivity index (χ4n) is 2.26. The van der Waals surface area contributed by atoms with Gasteiger partial charge < -0.3 is 5.32 Å². The molecule has 0 fully saturated rings. The number of hydrogen-bond acceptors (Lipinski definition) is 3. The van der Waals surface area contributed by atoms with E-state index in [-0.39, 0.29) is 19.0 Å². The second kappa shape index (κ2) is 8.08. The summed E-state index contributed by atoms with van der Waals surface area (Å²) in [7, 11) is -3.49. The summed E-state index contributed by atoms with van der Waals surface area (Å²) in [6.45, 7) is 2.01. The third-order valence-corrected chi connectivity index (χ3v) is 4.83. The van der Waals surface area contributed by atoms with Crippen LogP contribution >= 0.6 is 0 Å². The first-order valence-corrected chi connectivity index (χ1v) is 9.61. The normalized spacial score (nSPS) is 11.5. The third kappa shape index (κ3) is 5.47. The number of nitrogens with one attached hydrogen (secondary N) is 1. The molecule has 0 aliphatic rings. The molecule has 0 heterocycles. The minimum absolute atomic E-state index is 0.169. The van der Waals surface area contributed by atoms with Crippen LogP contribution in [0.1, 0.15) is 18.1 Å². The topological polar surface area (TPSA) is 66.5 Å². The van der Waals surface area contributed by atoms with Gasteiger partial charge in [0.15, 0.2) is 0 Å². The Morgan fingerprint density at radius 1 is 1.00 bits per heavy atom. The molecule has 1 amide bonds. The summed E-state index contributed by atoms with van der Waals surface area (Å²) >= 11 is 0. The summed E-state index contributed by atoms with van der Waals surface area (Å²) in [5.74, 6) is -0.361. The van der Waals surface area contributed by atoms with Crippen LogP contribution in [0.4, 0.5) is 5.69 Å². The van der Waals surface area contributed by atoms with Crippen LogP contribution in [0.15, 0.2) is 54.6 Å². The van der Waals surface area contributed by atoms with Gasteiger partial charge in [0.2, 0.25) is 15.9 Å². The van der Waals surface area contributed by atoms with Gasteiger partial charge in [0.25, 0.3) is 0 Å². The van der Waals surface area contributed by atoms with Crippen molar-refractivity contribution in [2.24, 2.45) is 0 Å². The van der Waals surface area contributed by atoms with E-state index in [0.29, 0.717) is 5.69 Å². The van der Waals surface area contributed by atoms with Gasteiger partial charge in [-0.05, 0) is 29.7 Å². The Hall–Kier alpha value is -2.18. The van der Waals surface area contributed by atoms with E-state index in [1.165, 1.54) is 5.56 Å². The number of rotatable bonds is 7. The second-order valence-electron chi connectivity index (χ2n) is 5.62. The molecule has 0 radical (unpaired) electrons. The SMILES string of the molecule is CCc1ccc(NC(=O)CN(Cc2ccccc2)S(C)(=O)=O)cc1. The molecule has 24 heavy (non-hydrogen) atoms. The van der Waals surface area contributed by atoms with Crippen molar-refractivity contribution in [1.29, 1.82) is 0 Å². The highest BCUT2D eigenvalue weighted by Crippen LogP contribution is 2.12. The van der Waals surface area contributed by atoms with Crippen molar-refractivity contribution >= 4 is 21.6 Å². The summed E-state index contributed by atoms with van der Waals surface area (Å²) in [6.07, 6.45) is 2.03. The molecular weight excluding hydrogens is 324 g/mol. The van der Waals surface area contributed by atoms with Crippen molar-refractivity contribution in [2.45, 2.75) is 19.9 Å². The molecular formula is C18H22N2O3S. The van der Waals surface area contributed by atoms with Crippen LogP contribution in [0, 0.1) is 0 Å². The maximum absolute atomic E-state index is 12.2. The van der Waals surface area contributed by atoms with Gasteiger partial charge in [-0.2, -0.15) is 4.31 Å². The summed E-state index contributed by atoms with van der Waals surface area (Å²) in [4.78, 5) is 12.2. The number of nitrogens with zero attached hydrogens (tertiary/aromatic N) is 1. The molecule has 1 N–H and O–H groups in total. The second-order valence-corrected chi connectivity index (χ2v) is 7.60. The minimum atomic E-state index is -3.49. The van der Waals surface area contributed by atoms with Crippen molar-refractivity contribution in [2.75, 3.05) is 18.1 Å². The van der Waals surface area contributed by atoms with Gasteiger partial charge in [0.05, 0.1) is 12.8 Å². The van der Waals surface area contributed by atoms with Crippen LogP contribution in [-0.2, 0) is 27.8 Å². The number of hydrogen-bond donors (Lipinski definition) is 1. The van der Waals surface area contributed by atoms with E-state index in [0.717, 1.165) is 22.5 Å². The number of aryl methyl sites for hydroxylation is 1. The molecule has 6 heteroatoms. The highest BCUT2D eigenvalue weighted by Gasteiger charge is 2.20. The molecule has 0 bridgehead atoms. The molecule has 0 unspecified atom stereocenters. The zero-order chi connectivity index (χ0) is 17.6. The zero-order valence-electron chi connectivity index (χ0n) is 13.9. The molecule has 0 aliphatic heterocycles. The van der Waals surface area contributed by atoms with Gasteiger partial charge in [0.1, 0.15) is 0 Å². The predicted octanol–water partition coefficient (Wildman–Crippen LogP) is 2.65. The van der Waals surface area contributed by atoms with Gasteiger partial charge in [-0.1, -0.05) is 49.4 Å². The highest BCUT2D eigenvalue weighted by atomic mass is 32.2. The maximum atomic E-state index is 12.2. The molecule has 2 rings (SSSR count). The van der Waals surface area contributed by atoms with Crippen LogP contribution in [0.25, 0.3) is 0 Å². The van der Waals surface area contributed by atoms with Crippen LogP contribution in [0.3, 0.4) is 0 Å². The van der Waals surface area contributed by atoms with Crippen molar-refractivity contribution in [3.05, 3.63) is 65.7 Å². The van der Waals surface area contributed by atoms with Crippen molar-refractivity contribution in [3.63, 3.8) is 0 Å². The number of carbonyl (C=O) groups excluding carboxylic acids is 1. The number of sulfonamides is 1. The fourth-order valence-corrected chi connectivity index (χ4v) is 3.00. The quantitative estimate of drug-likeness (QED) is 0.838. The van der Waals surface area contributed by atoms with Crippen molar-refractivity contribution in [1.82, 2.24) is 4.31 Å². The van der Waals surface area contributed by atoms with E-state index in [1.807, 2.05) is 54.6 Å². The third-order valence-electron chi connectivity index (χ3n) is 3.64. The Labute approximate surface area is 143 Å². The molecule has 128 valence electrons. The number of anilines is 1. The van der Waals surface area contributed by atoms with Crippen molar-refractivity contribution in [3.8, 4) is 0 Å². The summed E-state index contributed by atoms with van der Waals surface area (Å²) in [5, 5.41) is 2.74. The first-order valence-electron chi connectivity index (χ1n) is 7.76. The molecule has 0 atom stereocenters. The van der Waals surface area contributed by atoms with Crippen LogP contribution in [0.2, 0.25) is 0 Å². The van der Waals surface area contributed by atoms with E-state index in [9.17, 15) is 13.2 Å². The Morgan fingerprint density at radius 2 is 1.62 bits per heavy atom. The van der Waals surface area contributed by atoms with Gasteiger partial charge in [-0.3, -0.25) is 4.79 Å². The Bertz CT molecular complexity index is 772. The maximum Gasteiger partial charge on any atom is 0.239 e. The van der Waals surface area contributed by atoms with Gasteiger partial charge >= 0.3 is 0 Å². The van der Waals surface area contributed by atoms with E-state index >= 15 is 0 Å². The molecule has 0 saturated heterocycles. The van der Waals surface area contributed by atoms with E-state index < -0.39 is 10.0 Å². The Balaban J connectivity index is 2.04. The first-order chi connectivity index (χ1) is 11.4. The number of amides is 1. The fraction of sp³-hybridized carbons (Fsp3) is 0.278. The zero-order valence-corrected chi connectivity index (χ0v) is 14.7. The monoisotopic (exact) mass is 346 g/mol. The average Bonchev–Trinajstić information content (AvgIpc) is 2.55. The Morgan fingerprint density at radius 3 is 2.17 bits per heavy atom. The van der Waals surface area contributed by atoms with Gasteiger partial charge in [-0.25, -0.2) is 8.42 Å². The summed E-state index contributed by atoms with van der Waals surface area (Å²) < 4.78 is 25.1. The standard InChI is InChI=1S/C18H22N2O3S/c1-3-15-9-11-17(12-10-15)19-18(21)14-20(24(2,22)23)13-16-7-5-4-6-8-16/h4-12H,3,13-14H2,1-2H3,(H,19,21). The van der Waals surface area contributed by atoms with E-state index in [1.54, 1.807) is 0 Å². The largest absolute Gasteiger partial charge is 0.325 e. The average molecular weight is 346 g/mol. The van der Waals surface area contributed by atoms with Gasteiger partial charge in [0, 0.05) is 12.2 Å². The van der Waals surface area contributed by atoms with Crippen LogP contribution in [-0.4, -0.2) is 31.4 Å². The lowest BCUT2D eigenvalue weighted by molar-refractivity contribution is -0.116. The molecule has 5 nitrogen and oxygen atoms in total. The molecule has 0 aliphatic carbocycles. The minimum Gasteiger partial charge on any atom is -0.325 e. The highest BCUT2D eigenvalue weighted by molar-refractivity contribution is 7.88. The lowest BCUT2D eigenvalue weighted by Gasteiger charge is -2.19. The number of benzene rings is 2. The van der Waals surface area contributed by atoms with Gasteiger partial charge in [-0.15, -0.1) is 0 Å². The van der Waals surface area contributed by atoms with Crippen LogP contribution < -0.4 is 5.32 Å². The van der Waals surface area contributed by atoms with E-state index in [2.05, 4.69) is 12.2 Å². The Kier molecular flexibility index (Phi) is 6.11. The predicted molar refractivity (Wildman–Crippen MR) is 96.1 cm³/mol. The summed E-state index contributed by atoms with van der Waals surface area (Å²) in [6, 6.07) is 16.7. The summed E-state index contributed by atoms with van der Waals surface area (Å²) in [5.41, 5.74) is 2.67. The molecule has 0 saturated carbocycles. The first kappa shape index (κ1) is 18.2. The van der Waals surface area contributed by atoms with Crippen molar-refractivity contribution < 1.29 is 13.2 Å².